The molecule has 3 rings (SSSR count). The van der Waals surface area contributed by atoms with Crippen molar-refractivity contribution in [3.8, 4) is 11.5 Å². The summed E-state index contributed by atoms with van der Waals surface area (Å²) in [4.78, 5) is 40.9. The zero-order valence-electron chi connectivity index (χ0n) is 22.9. The SMILES string of the molecule is CCCC[C@@H](COC(=O)N(CCCC)Cc1cccs1)NC(=O)N[C@@H](CC(=O)OC)c1ccc2c(c1)OCO2. The average molecular weight is 562 g/mol. The molecule has 0 unspecified atom stereocenters. The second-order valence-corrected chi connectivity index (χ2v) is 10.4. The van der Waals surface area contributed by atoms with Crippen molar-refractivity contribution in [1.29, 1.82) is 0 Å². The molecule has 1 aliphatic heterocycles. The summed E-state index contributed by atoms with van der Waals surface area (Å²) in [6.45, 7) is 5.40. The summed E-state index contributed by atoms with van der Waals surface area (Å²) in [6, 6.07) is 7.70. The van der Waals surface area contributed by atoms with Gasteiger partial charge in [0.05, 0.1) is 32.2 Å². The van der Waals surface area contributed by atoms with E-state index in [4.69, 9.17) is 18.9 Å². The molecule has 0 fully saturated rings. The van der Waals surface area contributed by atoms with Gasteiger partial charge in [-0.1, -0.05) is 45.2 Å². The van der Waals surface area contributed by atoms with E-state index in [0.717, 1.165) is 30.6 Å². The van der Waals surface area contributed by atoms with Gasteiger partial charge in [0.25, 0.3) is 0 Å². The van der Waals surface area contributed by atoms with Crippen LogP contribution in [-0.4, -0.2) is 56.1 Å². The number of hydrogen-bond acceptors (Lipinski definition) is 8. The smallest absolute Gasteiger partial charge is 0.410 e. The highest BCUT2D eigenvalue weighted by molar-refractivity contribution is 7.09. The molecule has 0 spiro atoms. The van der Waals surface area contributed by atoms with Crippen molar-refractivity contribution in [2.45, 2.75) is 71.0 Å². The number of ether oxygens (including phenoxy) is 4. The summed E-state index contributed by atoms with van der Waals surface area (Å²) in [5.41, 5.74) is 0.677. The van der Waals surface area contributed by atoms with Gasteiger partial charge >= 0.3 is 18.1 Å². The van der Waals surface area contributed by atoms with Crippen LogP contribution < -0.4 is 20.1 Å². The number of thiophene rings is 1. The Labute approximate surface area is 233 Å². The van der Waals surface area contributed by atoms with Crippen LogP contribution in [0.2, 0.25) is 0 Å². The largest absolute Gasteiger partial charge is 0.469 e. The Morgan fingerprint density at radius 1 is 1.08 bits per heavy atom. The molecule has 0 bridgehead atoms. The molecule has 2 atom stereocenters. The first-order valence-corrected chi connectivity index (χ1v) is 14.3. The van der Waals surface area contributed by atoms with Gasteiger partial charge in [-0.3, -0.25) is 4.79 Å². The van der Waals surface area contributed by atoms with Crippen LogP contribution in [0.5, 0.6) is 11.5 Å². The highest BCUT2D eigenvalue weighted by Gasteiger charge is 2.24. The van der Waals surface area contributed by atoms with Crippen LogP contribution in [0.4, 0.5) is 9.59 Å². The zero-order valence-corrected chi connectivity index (χ0v) is 23.7. The molecule has 2 N–H and O–H groups in total. The third kappa shape index (κ3) is 9.65. The number of carbonyl (C=O) groups excluding carboxylic acids is 3. The fraction of sp³-hybridized carbons (Fsp3) is 0.536. The van der Waals surface area contributed by atoms with Gasteiger partial charge < -0.3 is 34.5 Å². The number of methoxy groups -OCH3 is 1. The third-order valence-electron chi connectivity index (χ3n) is 6.32. The second-order valence-electron chi connectivity index (χ2n) is 9.33. The molecule has 1 aromatic carbocycles. The van der Waals surface area contributed by atoms with Crippen molar-refractivity contribution in [2.75, 3.05) is 27.1 Å². The lowest BCUT2D eigenvalue weighted by Crippen LogP contribution is -2.46. The lowest BCUT2D eigenvalue weighted by atomic mass is 10.0. The van der Waals surface area contributed by atoms with E-state index < -0.39 is 24.1 Å². The van der Waals surface area contributed by atoms with Crippen LogP contribution in [0, 0.1) is 0 Å². The number of benzene rings is 1. The predicted molar refractivity (Wildman–Crippen MR) is 148 cm³/mol. The average Bonchev–Trinajstić information content (AvgIpc) is 3.63. The lowest BCUT2D eigenvalue weighted by molar-refractivity contribution is -0.141. The van der Waals surface area contributed by atoms with Crippen molar-refractivity contribution < 1.29 is 33.3 Å². The summed E-state index contributed by atoms with van der Waals surface area (Å²) in [5.74, 6) is 0.688. The van der Waals surface area contributed by atoms with E-state index in [9.17, 15) is 14.4 Å². The first-order valence-electron chi connectivity index (χ1n) is 13.4. The van der Waals surface area contributed by atoms with Gasteiger partial charge in [-0.2, -0.15) is 0 Å². The molecule has 0 saturated heterocycles. The summed E-state index contributed by atoms with van der Waals surface area (Å²) in [6.07, 6.45) is 3.80. The molecule has 214 valence electrons. The molecular formula is C28H39N3O7S. The van der Waals surface area contributed by atoms with Crippen LogP contribution in [0.25, 0.3) is 0 Å². The van der Waals surface area contributed by atoms with E-state index >= 15 is 0 Å². The molecule has 39 heavy (non-hydrogen) atoms. The molecule has 2 heterocycles. The molecular weight excluding hydrogens is 522 g/mol. The quantitative estimate of drug-likeness (QED) is 0.281. The van der Waals surface area contributed by atoms with E-state index in [0.29, 0.717) is 36.6 Å². The number of rotatable bonds is 15. The Morgan fingerprint density at radius 3 is 2.59 bits per heavy atom. The summed E-state index contributed by atoms with van der Waals surface area (Å²) in [7, 11) is 1.30. The topological polar surface area (TPSA) is 115 Å². The third-order valence-corrected chi connectivity index (χ3v) is 7.18. The zero-order chi connectivity index (χ0) is 28.0. The highest BCUT2D eigenvalue weighted by atomic mass is 32.1. The number of carbonyl (C=O) groups is 3. The van der Waals surface area contributed by atoms with E-state index in [-0.39, 0.29) is 25.9 Å². The number of hydrogen-bond donors (Lipinski definition) is 2. The number of fused-ring (bicyclic) bond motifs is 1. The standard InChI is InChI=1S/C28H39N3O7S/c1-4-6-9-21(18-36-28(34)31(13-7-5-2)17-22-10-8-14-39-22)29-27(33)30-23(16-26(32)35-3)20-11-12-24-25(15-20)38-19-37-24/h8,10-12,14-15,21,23H,4-7,9,13,16-19H2,1-3H3,(H2,29,30,33)/t21-,23-/m0/s1. The molecule has 2 aromatic rings. The maximum Gasteiger partial charge on any atom is 0.410 e. The molecule has 1 aliphatic rings. The number of nitrogens with one attached hydrogen (secondary N) is 2. The number of esters is 1. The molecule has 0 saturated carbocycles. The van der Waals surface area contributed by atoms with Crippen LogP contribution in [-0.2, 0) is 20.8 Å². The van der Waals surface area contributed by atoms with Gasteiger partial charge in [-0.25, -0.2) is 9.59 Å². The Kier molecular flexibility index (Phi) is 12.2. The number of amides is 3. The monoisotopic (exact) mass is 561 g/mol. The first kappa shape index (κ1) is 30.1. The van der Waals surface area contributed by atoms with Crippen LogP contribution >= 0.6 is 11.3 Å². The van der Waals surface area contributed by atoms with Crippen molar-refractivity contribution in [2.24, 2.45) is 0 Å². The van der Waals surface area contributed by atoms with Gasteiger partial charge in [0.15, 0.2) is 11.5 Å². The van der Waals surface area contributed by atoms with E-state index in [1.54, 1.807) is 34.4 Å². The minimum absolute atomic E-state index is 0.0466. The van der Waals surface area contributed by atoms with E-state index in [2.05, 4.69) is 24.5 Å². The van der Waals surface area contributed by atoms with E-state index in [1.807, 2.05) is 17.5 Å². The Morgan fingerprint density at radius 2 is 1.87 bits per heavy atom. The Hall–Kier alpha value is -3.47. The lowest BCUT2D eigenvalue weighted by Gasteiger charge is -2.25. The fourth-order valence-corrected chi connectivity index (χ4v) is 4.82. The van der Waals surface area contributed by atoms with Gasteiger partial charge in [0, 0.05) is 11.4 Å². The minimum Gasteiger partial charge on any atom is -0.469 e. The Bertz CT molecular complexity index is 1060. The maximum absolute atomic E-state index is 13.1. The molecule has 10 nitrogen and oxygen atoms in total. The van der Waals surface area contributed by atoms with Crippen molar-refractivity contribution >= 4 is 29.4 Å². The highest BCUT2D eigenvalue weighted by Crippen LogP contribution is 2.35. The molecule has 0 radical (unpaired) electrons. The molecule has 11 heteroatoms. The molecule has 1 aromatic heterocycles. The van der Waals surface area contributed by atoms with Crippen LogP contribution in [0.15, 0.2) is 35.7 Å². The van der Waals surface area contributed by atoms with Gasteiger partial charge in [0.1, 0.15) is 6.61 Å². The summed E-state index contributed by atoms with van der Waals surface area (Å²) in [5, 5.41) is 7.78. The summed E-state index contributed by atoms with van der Waals surface area (Å²) < 4.78 is 21.3. The van der Waals surface area contributed by atoms with Crippen LogP contribution in [0.3, 0.4) is 0 Å². The van der Waals surface area contributed by atoms with Gasteiger partial charge in [-0.05, 0) is 42.0 Å². The Balaban J connectivity index is 1.62. The number of unbranched alkanes of at least 4 members (excludes halogenated alkanes) is 2. The first-order chi connectivity index (χ1) is 18.9. The van der Waals surface area contributed by atoms with Gasteiger partial charge in [-0.15, -0.1) is 11.3 Å². The van der Waals surface area contributed by atoms with E-state index in [1.165, 1.54) is 7.11 Å². The maximum atomic E-state index is 13.1. The van der Waals surface area contributed by atoms with Crippen LogP contribution in [0.1, 0.15) is 68.9 Å². The van der Waals surface area contributed by atoms with Crippen molar-refractivity contribution in [1.82, 2.24) is 15.5 Å². The van der Waals surface area contributed by atoms with Gasteiger partial charge in [0.2, 0.25) is 6.79 Å². The molecule has 0 aliphatic carbocycles. The fourth-order valence-electron chi connectivity index (χ4n) is 4.10. The van der Waals surface area contributed by atoms with Crippen molar-refractivity contribution in [3.05, 3.63) is 46.2 Å². The second kappa shape index (κ2) is 15.8. The number of nitrogens with zero attached hydrogens (tertiary/aromatic N) is 1. The van der Waals surface area contributed by atoms with Crippen molar-refractivity contribution in [3.63, 3.8) is 0 Å². The number of urea groups is 1. The normalized spacial score (nSPS) is 13.3. The summed E-state index contributed by atoms with van der Waals surface area (Å²) >= 11 is 1.60. The minimum atomic E-state index is -0.656. The molecule has 3 amide bonds. The predicted octanol–water partition coefficient (Wildman–Crippen LogP) is 5.38.